The molecule has 7 nitrogen and oxygen atoms in total. The number of carbonyl (C=O) groups is 1. The van der Waals surface area contributed by atoms with Crippen LogP contribution in [0.3, 0.4) is 0 Å². The number of carbonyl (C=O) groups excluding carboxylic acids is 1. The summed E-state index contributed by atoms with van der Waals surface area (Å²) < 4.78 is 26.1. The minimum atomic E-state index is -3.70. The van der Waals surface area contributed by atoms with E-state index >= 15 is 0 Å². The van der Waals surface area contributed by atoms with Crippen molar-refractivity contribution in [1.82, 2.24) is 10.2 Å². The Bertz CT molecular complexity index is 1160. The molecule has 1 aromatic heterocycles. The summed E-state index contributed by atoms with van der Waals surface area (Å²) in [4.78, 5) is 12.8. The lowest BCUT2D eigenvalue weighted by molar-refractivity contribution is -0.116. The number of anilines is 2. The fourth-order valence-electron chi connectivity index (χ4n) is 3.08. The van der Waals surface area contributed by atoms with E-state index in [-0.39, 0.29) is 5.13 Å². The quantitative estimate of drug-likeness (QED) is 0.588. The van der Waals surface area contributed by atoms with E-state index in [1.165, 1.54) is 18.3 Å². The van der Waals surface area contributed by atoms with Gasteiger partial charge in [0.05, 0.1) is 11.9 Å². The minimum absolute atomic E-state index is 0.283. The number of aromatic nitrogens is 2. The summed E-state index contributed by atoms with van der Waals surface area (Å²) in [5.74, 6) is -0.501. The van der Waals surface area contributed by atoms with Gasteiger partial charge in [-0.05, 0) is 56.2 Å². The molecule has 1 heterocycles. The van der Waals surface area contributed by atoms with Crippen molar-refractivity contribution in [2.75, 3.05) is 15.9 Å². The molecule has 158 valence electrons. The Morgan fingerprint density at radius 3 is 2.27 bits per heavy atom. The van der Waals surface area contributed by atoms with Crippen molar-refractivity contribution >= 4 is 49.7 Å². The van der Waals surface area contributed by atoms with Crippen LogP contribution in [0.4, 0.5) is 10.8 Å². The smallest absolute Gasteiger partial charge is 0.249 e. The molecule has 30 heavy (non-hydrogen) atoms. The number of nitrogens with one attached hydrogen (secondary N) is 1. The van der Waals surface area contributed by atoms with Crippen molar-refractivity contribution in [1.29, 1.82) is 0 Å². The molecule has 0 saturated carbocycles. The van der Waals surface area contributed by atoms with Gasteiger partial charge in [0.15, 0.2) is 0 Å². The van der Waals surface area contributed by atoms with E-state index in [2.05, 4.69) is 15.5 Å². The highest BCUT2D eigenvalue weighted by Gasteiger charge is 2.30. The maximum atomic E-state index is 12.8. The average molecular weight is 465 g/mol. The molecule has 0 radical (unpaired) electrons. The second kappa shape index (κ2) is 8.71. The van der Waals surface area contributed by atoms with E-state index in [9.17, 15) is 13.2 Å². The van der Waals surface area contributed by atoms with Crippen molar-refractivity contribution in [3.63, 3.8) is 0 Å². The van der Waals surface area contributed by atoms with E-state index in [0.717, 1.165) is 27.3 Å². The first-order valence-corrected chi connectivity index (χ1v) is 12.1. The van der Waals surface area contributed by atoms with Gasteiger partial charge in [-0.15, -0.1) is 10.2 Å². The number of sulfonamides is 1. The molecule has 0 spiro atoms. The first kappa shape index (κ1) is 22.2. The predicted octanol–water partition coefficient (Wildman–Crippen LogP) is 4.27. The van der Waals surface area contributed by atoms with Crippen LogP contribution in [-0.2, 0) is 14.8 Å². The molecule has 0 fully saturated rings. The van der Waals surface area contributed by atoms with Crippen LogP contribution in [0.1, 0.15) is 18.1 Å². The van der Waals surface area contributed by atoms with Crippen LogP contribution < -0.4 is 9.62 Å². The van der Waals surface area contributed by atoms with Crippen LogP contribution in [0, 0.1) is 13.8 Å². The van der Waals surface area contributed by atoms with Gasteiger partial charge in [0.1, 0.15) is 11.0 Å². The van der Waals surface area contributed by atoms with Gasteiger partial charge in [0.2, 0.25) is 21.1 Å². The fraction of sp³-hybridized carbons (Fsp3) is 0.250. The monoisotopic (exact) mass is 464 g/mol. The first-order chi connectivity index (χ1) is 14.0. The second-order valence-electron chi connectivity index (χ2n) is 6.99. The van der Waals surface area contributed by atoms with E-state index in [1.807, 2.05) is 32.0 Å². The maximum Gasteiger partial charge on any atom is 0.249 e. The second-order valence-corrected chi connectivity index (χ2v) is 10.3. The van der Waals surface area contributed by atoms with Crippen LogP contribution in [0.5, 0.6) is 0 Å². The number of halogens is 1. The predicted molar refractivity (Wildman–Crippen MR) is 122 cm³/mol. The molecule has 3 rings (SSSR count). The maximum absolute atomic E-state index is 12.8. The lowest BCUT2D eigenvalue weighted by Gasteiger charge is -2.28. The van der Waals surface area contributed by atoms with Crippen LogP contribution >= 0.6 is 22.9 Å². The number of aryl methyl sites for hydroxylation is 2. The largest absolute Gasteiger partial charge is 0.299 e. The highest BCUT2D eigenvalue weighted by Crippen LogP contribution is 2.28. The van der Waals surface area contributed by atoms with Crippen LogP contribution in [-0.4, -0.2) is 36.8 Å². The van der Waals surface area contributed by atoms with Crippen LogP contribution in [0.25, 0.3) is 10.6 Å². The van der Waals surface area contributed by atoms with Crippen LogP contribution in [0.2, 0.25) is 5.02 Å². The van der Waals surface area contributed by atoms with Gasteiger partial charge in [0.25, 0.3) is 0 Å². The van der Waals surface area contributed by atoms with Gasteiger partial charge in [-0.1, -0.05) is 41.1 Å². The summed E-state index contributed by atoms with van der Waals surface area (Å²) in [7, 11) is -3.70. The molecule has 0 bridgehead atoms. The number of hydrogen-bond donors (Lipinski definition) is 1. The van der Waals surface area contributed by atoms with E-state index < -0.39 is 22.0 Å². The van der Waals surface area contributed by atoms with Crippen molar-refractivity contribution in [2.45, 2.75) is 26.8 Å². The SMILES string of the molecule is Cc1cc(C)cc(N([C@@H](C)C(=O)Nc2nnc(-c3ccc(Cl)cc3)s2)S(C)(=O)=O)c1. The van der Waals surface area contributed by atoms with Gasteiger partial charge in [-0.3, -0.25) is 14.4 Å². The molecule has 1 N–H and O–H groups in total. The summed E-state index contributed by atoms with van der Waals surface area (Å²) in [6.07, 6.45) is 1.08. The average Bonchev–Trinajstić information content (AvgIpc) is 3.08. The molecule has 1 amide bonds. The molecule has 1 atom stereocenters. The lowest BCUT2D eigenvalue weighted by atomic mass is 10.1. The Balaban J connectivity index is 1.83. The first-order valence-electron chi connectivity index (χ1n) is 9.02. The lowest BCUT2D eigenvalue weighted by Crippen LogP contribution is -2.45. The molecule has 2 aromatic carbocycles. The molecule has 0 aliphatic rings. The third kappa shape index (κ3) is 5.16. The zero-order valence-electron chi connectivity index (χ0n) is 16.9. The van der Waals surface area contributed by atoms with Crippen molar-refractivity contribution < 1.29 is 13.2 Å². The van der Waals surface area contributed by atoms with Gasteiger partial charge >= 0.3 is 0 Å². The molecule has 0 saturated heterocycles. The number of rotatable bonds is 6. The van der Waals surface area contributed by atoms with Gasteiger partial charge in [-0.2, -0.15) is 0 Å². The van der Waals surface area contributed by atoms with Gasteiger partial charge < -0.3 is 0 Å². The van der Waals surface area contributed by atoms with Gasteiger partial charge in [0, 0.05) is 10.6 Å². The van der Waals surface area contributed by atoms with Crippen molar-refractivity contribution in [2.24, 2.45) is 0 Å². The molecular weight excluding hydrogens is 444 g/mol. The molecule has 3 aromatic rings. The summed E-state index contributed by atoms with van der Waals surface area (Å²) in [5.41, 5.74) is 3.07. The number of amides is 1. The fourth-order valence-corrected chi connectivity index (χ4v) is 5.12. The minimum Gasteiger partial charge on any atom is -0.299 e. The zero-order chi connectivity index (χ0) is 22.1. The Morgan fingerprint density at radius 1 is 1.10 bits per heavy atom. The summed E-state index contributed by atoms with van der Waals surface area (Å²) in [6, 6.07) is 11.5. The van der Waals surface area contributed by atoms with Gasteiger partial charge in [-0.25, -0.2) is 8.42 Å². The van der Waals surface area contributed by atoms with E-state index in [1.54, 1.807) is 24.3 Å². The highest BCUT2D eigenvalue weighted by molar-refractivity contribution is 7.92. The zero-order valence-corrected chi connectivity index (χ0v) is 19.3. The topological polar surface area (TPSA) is 92.3 Å². The Labute approximate surface area is 184 Å². The summed E-state index contributed by atoms with van der Waals surface area (Å²) >= 11 is 7.09. The van der Waals surface area contributed by atoms with Crippen molar-refractivity contribution in [3.8, 4) is 10.6 Å². The molecular formula is C20H21ClN4O3S2. The Kier molecular flexibility index (Phi) is 6.44. The van der Waals surface area contributed by atoms with Crippen LogP contribution in [0.15, 0.2) is 42.5 Å². The Morgan fingerprint density at radius 2 is 1.70 bits per heavy atom. The third-order valence-corrected chi connectivity index (χ3v) is 6.68. The van der Waals surface area contributed by atoms with E-state index in [0.29, 0.717) is 15.7 Å². The summed E-state index contributed by atoms with van der Waals surface area (Å²) in [6.45, 7) is 5.29. The summed E-state index contributed by atoms with van der Waals surface area (Å²) in [5, 5.41) is 12.3. The number of hydrogen-bond acceptors (Lipinski definition) is 6. The molecule has 0 aliphatic heterocycles. The molecule has 10 heteroatoms. The number of benzene rings is 2. The standard InChI is InChI=1S/C20H21ClN4O3S2/c1-12-9-13(2)11-17(10-12)25(30(4,27)28)14(3)18(26)22-20-24-23-19(29-20)15-5-7-16(21)8-6-15/h5-11,14H,1-4H3,(H,22,24,26)/t14-/m0/s1. The third-order valence-electron chi connectivity index (χ3n) is 4.30. The normalized spacial score (nSPS) is 12.4. The molecule has 0 aliphatic carbocycles. The Hall–Kier alpha value is -2.49. The van der Waals surface area contributed by atoms with Crippen molar-refractivity contribution in [3.05, 3.63) is 58.6 Å². The molecule has 0 unspecified atom stereocenters. The number of nitrogens with zero attached hydrogens (tertiary/aromatic N) is 3. The van der Waals surface area contributed by atoms with E-state index in [4.69, 9.17) is 11.6 Å². The highest BCUT2D eigenvalue weighted by atomic mass is 35.5.